The van der Waals surface area contributed by atoms with E-state index in [2.05, 4.69) is 10.4 Å². The number of halogens is 1. The molecule has 0 radical (unpaired) electrons. The van der Waals surface area contributed by atoms with E-state index in [0.717, 1.165) is 11.1 Å². The Labute approximate surface area is 165 Å². The Balaban J connectivity index is 1.68. The fourth-order valence-corrected chi connectivity index (χ4v) is 3.62. The molecule has 0 spiro atoms. The molecule has 0 fully saturated rings. The number of fused-ring (bicyclic) bond motifs is 3. The van der Waals surface area contributed by atoms with Crippen LogP contribution in [-0.4, -0.2) is 20.1 Å². The molecular formula is C20H19ClN4O3. The molecule has 3 aromatic heterocycles. The van der Waals surface area contributed by atoms with Crippen LogP contribution in [0.2, 0.25) is 5.02 Å². The minimum Gasteiger partial charge on any atom is -0.463 e. The third kappa shape index (κ3) is 2.97. The predicted octanol–water partition coefficient (Wildman–Crippen LogP) is 3.47. The van der Waals surface area contributed by atoms with Crippen molar-refractivity contribution in [1.82, 2.24) is 19.5 Å². The predicted molar refractivity (Wildman–Crippen MR) is 107 cm³/mol. The van der Waals surface area contributed by atoms with Crippen LogP contribution >= 0.6 is 11.6 Å². The summed E-state index contributed by atoms with van der Waals surface area (Å²) < 4.78 is 8.39. The Morgan fingerprint density at radius 3 is 2.82 bits per heavy atom. The molecule has 1 aromatic carbocycles. The number of amides is 1. The number of nitrogens with zero attached hydrogens (tertiary/aromatic N) is 3. The van der Waals surface area contributed by atoms with E-state index >= 15 is 0 Å². The molecule has 4 rings (SSSR count). The number of aryl methyl sites for hydroxylation is 1. The van der Waals surface area contributed by atoms with Crippen LogP contribution in [0.3, 0.4) is 0 Å². The normalized spacial score (nSPS) is 12.5. The third-order valence-electron chi connectivity index (χ3n) is 4.82. The summed E-state index contributed by atoms with van der Waals surface area (Å²) in [5, 5.41) is 7.85. The topological polar surface area (TPSA) is 81.5 Å². The molecule has 1 amide bonds. The van der Waals surface area contributed by atoms with Crippen LogP contribution in [0.4, 0.5) is 0 Å². The summed E-state index contributed by atoms with van der Waals surface area (Å²) in [6, 6.07) is 10.0. The Hall–Kier alpha value is -3.06. The van der Waals surface area contributed by atoms with Crippen molar-refractivity contribution in [3.63, 3.8) is 0 Å². The van der Waals surface area contributed by atoms with Crippen molar-refractivity contribution in [2.45, 2.75) is 32.9 Å². The van der Waals surface area contributed by atoms with E-state index in [4.69, 9.17) is 16.0 Å². The average Bonchev–Trinajstić information content (AvgIpc) is 3.27. The Kier molecular flexibility index (Phi) is 4.68. The first-order chi connectivity index (χ1) is 13.5. The molecule has 8 heteroatoms. The monoisotopic (exact) mass is 398 g/mol. The second-order valence-corrected chi connectivity index (χ2v) is 6.97. The first-order valence-corrected chi connectivity index (χ1v) is 9.38. The van der Waals surface area contributed by atoms with Gasteiger partial charge in [0.2, 0.25) is 5.91 Å². The van der Waals surface area contributed by atoms with E-state index in [1.807, 2.05) is 25.1 Å². The highest BCUT2D eigenvalue weighted by Gasteiger charge is 2.24. The minimum atomic E-state index is -0.722. The zero-order valence-corrected chi connectivity index (χ0v) is 16.2. The van der Waals surface area contributed by atoms with Crippen LogP contribution in [0.15, 0.2) is 51.9 Å². The van der Waals surface area contributed by atoms with Crippen molar-refractivity contribution >= 4 is 34.1 Å². The SMILES string of the molecule is CC[C@@H](C(=O)NCc1ccccc1Cl)n1nc(C)n2c(cc3occc32)c1=O. The largest absolute Gasteiger partial charge is 0.463 e. The summed E-state index contributed by atoms with van der Waals surface area (Å²) in [6.07, 6.45) is 1.99. The summed E-state index contributed by atoms with van der Waals surface area (Å²) in [5.41, 5.74) is 2.29. The van der Waals surface area contributed by atoms with Crippen LogP contribution in [-0.2, 0) is 11.3 Å². The van der Waals surface area contributed by atoms with Gasteiger partial charge in [-0.05, 0) is 25.0 Å². The van der Waals surface area contributed by atoms with Crippen LogP contribution in [0.25, 0.3) is 16.6 Å². The van der Waals surface area contributed by atoms with Gasteiger partial charge in [0.05, 0.1) is 11.8 Å². The number of hydrogen-bond donors (Lipinski definition) is 1. The van der Waals surface area contributed by atoms with Crippen molar-refractivity contribution in [2.24, 2.45) is 0 Å². The highest BCUT2D eigenvalue weighted by molar-refractivity contribution is 6.31. The van der Waals surface area contributed by atoms with Gasteiger partial charge >= 0.3 is 0 Å². The molecular weight excluding hydrogens is 380 g/mol. The van der Waals surface area contributed by atoms with Crippen molar-refractivity contribution in [3.05, 3.63) is 69.4 Å². The maximum Gasteiger partial charge on any atom is 0.291 e. The van der Waals surface area contributed by atoms with E-state index in [1.54, 1.807) is 35.8 Å². The lowest BCUT2D eigenvalue weighted by atomic mass is 10.2. The maximum absolute atomic E-state index is 13.0. The van der Waals surface area contributed by atoms with Gasteiger partial charge in [-0.2, -0.15) is 5.10 Å². The molecule has 0 unspecified atom stereocenters. The zero-order chi connectivity index (χ0) is 19.8. The third-order valence-corrected chi connectivity index (χ3v) is 5.19. The molecule has 0 aliphatic heterocycles. The smallest absolute Gasteiger partial charge is 0.291 e. The summed E-state index contributed by atoms with van der Waals surface area (Å²) in [7, 11) is 0. The van der Waals surface area contributed by atoms with Crippen LogP contribution in [0.5, 0.6) is 0 Å². The maximum atomic E-state index is 13.0. The highest BCUT2D eigenvalue weighted by atomic mass is 35.5. The highest BCUT2D eigenvalue weighted by Crippen LogP contribution is 2.21. The van der Waals surface area contributed by atoms with Gasteiger partial charge < -0.3 is 9.73 Å². The number of aromatic nitrogens is 3. The van der Waals surface area contributed by atoms with Gasteiger partial charge in [0.1, 0.15) is 17.4 Å². The van der Waals surface area contributed by atoms with E-state index in [-0.39, 0.29) is 18.0 Å². The summed E-state index contributed by atoms with van der Waals surface area (Å²) in [5.74, 6) is 0.319. The second-order valence-electron chi connectivity index (χ2n) is 6.57. The van der Waals surface area contributed by atoms with Gasteiger partial charge in [0.25, 0.3) is 5.56 Å². The molecule has 0 saturated heterocycles. The lowest BCUT2D eigenvalue weighted by Gasteiger charge is -2.18. The molecule has 7 nitrogen and oxygen atoms in total. The van der Waals surface area contributed by atoms with Gasteiger partial charge in [-0.3, -0.25) is 14.0 Å². The van der Waals surface area contributed by atoms with Gasteiger partial charge in [0, 0.05) is 23.7 Å². The van der Waals surface area contributed by atoms with Gasteiger partial charge in [0.15, 0.2) is 5.58 Å². The fraction of sp³-hybridized carbons (Fsp3) is 0.250. The van der Waals surface area contributed by atoms with Crippen LogP contribution < -0.4 is 10.9 Å². The van der Waals surface area contributed by atoms with Crippen LogP contribution in [0, 0.1) is 6.92 Å². The molecule has 1 N–H and O–H groups in total. The number of carbonyl (C=O) groups is 1. The standard InChI is InChI=1S/C20H19ClN4O3/c1-3-15(19(26)22-11-13-6-4-5-7-14(13)21)25-20(27)17-10-18-16(8-9-28-18)24(17)12(2)23-25/h4-10,15H,3,11H2,1-2H3,(H,22,26)/t15-/m0/s1. The lowest BCUT2D eigenvalue weighted by Crippen LogP contribution is -2.39. The molecule has 0 aliphatic carbocycles. The van der Waals surface area contributed by atoms with E-state index < -0.39 is 6.04 Å². The zero-order valence-electron chi connectivity index (χ0n) is 15.5. The van der Waals surface area contributed by atoms with Crippen molar-refractivity contribution in [2.75, 3.05) is 0 Å². The lowest BCUT2D eigenvalue weighted by molar-refractivity contribution is -0.125. The average molecular weight is 399 g/mol. The molecule has 0 saturated carbocycles. The summed E-state index contributed by atoms with van der Waals surface area (Å²) >= 11 is 6.15. The van der Waals surface area contributed by atoms with E-state index in [9.17, 15) is 9.59 Å². The first-order valence-electron chi connectivity index (χ1n) is 9.00. The molecule has 3 heterocycles. The first kappa shape index (κ1) is 18.3. The van der Waals surface area contributed by atoms with Crippen molar-refractivity contribution in [3.8, 4) is 0 Å². The van der Waals surface area contributed by atoms with E-state index in [1.165, 1.54) is 4.68 Å². The number of carbonyl (C=O) groups excluding carboxylic acids is 1. The quantitative estimate of drug-likeness (QED) is 0.558. The number of rotatable bonds is 5. The Morgan fingerprint density at radius 1 is 1.29 bits per heavy atom. The second kappa shape index (κ2) is 7.16. The number of benzene rings is 1. The van der Waals surface area contributed by atoms with Gasteiger partial charge in [-0.1, -0.05) is 36.7 Å². The van der Waals surface area contributed by atoms with Gasteiger partial charge in [-0.15, -0.1) is 0 Å². The fourth-order valence-electron chi connectivity index (χ4n) is 3.42. The summed E-state index contributed by atoms with van der Waals surface area (Å²) in [4.78, 5) is 25.8. The molecule has 0 bridgehead atoms. The minimum absolute atomic E-state index is 0.281. The molecule has 1 atom stereocenters. The number of hydrogen-bond acceptors (Lipinski definition) is 4. The van der Waals surface area contributed by atoms with E-state index in [0.29, 0.717) is 28.4 Å². The van der Waals surface area contributed by atoms with Crippen molar-refractivity contribution in [1.29, 1.82) is 0 Å². The number of furan rings is 1. The molecule has 28 heavy (non-hydrogen) atoms. The summed E-state index contributed by atoms with van der Waals surface area (Å²) in [6.45, 7) is 3.92. The van der Waals surface area contributed by atoms with Crippen LogP contribution in [0.1, 0.15) is 30.8 Å². The molecule has 144 valence electrons. The number of nitrogens with one attached hydrogen (secondary N) is 1. The molecule has 0 aliphatic rings. The Morgan fingerprint density at radius 2 is 2.07 bits per heavy atom. The van der Waals surface area contributed by atoms with Crippen molar-refractivity contribution < 1.29 is 9.21 Å². The van der Waals surface area contributed by atoms with Gasteiger partial charge in [-0.25, -0.2) is 4.68 Å². The molecule has 4 aromatic rings. The Bertz CT molecular complexity index is 1240.